The third kappa shape index (κ3) is 5.25. The highest BCUT2D eigenvalue weighted by molar-refractivity contribution is 5.50. The number of nitro groups is 1. The van der Waals surface area contributed by atoms with Crippen LogP contribution in [0.15, 0.2) is 116 Å². The van der Waals surface area contributed by atoms with E-state index in [9.17, 15) is 10.1 Å². The molecule has 0 amide bonds. The average Bonchev–Trinajstić information content (AvgIpc) is 2.96. The van der Waals surface area contributed by atoms with Gasteiger partial charge in [-0.05, 0) is 53.4 Å². The topological polar surface area (TPSA) is 70.8 Å². The minimum atomic E-state index is -1.11. The van der Waals surface area contributed by atoms with E-state index in [4.69, 9.17) is 14.2 Å². The van der Waals surface area contributed by atoms with Crippen LogP contribution in [0.5, 0.6) is 11.5 Å². The number of methoxy groups -OCH3 is 2. The fourth-order valence-corrected chi connectivity index (χ4v) is 4.56. The van der Waals surface area contributed by atoms with Crippen LogP contribution in [0.1, 0.15) is 34.8 Å². The molecule has 0 aromatic heterocycles. The van der Waals surface area contributed by atoms with Gasteiger partial charge in [-0.2, -0.15) is 0 Å². The van der Waals surface area contributed by atoms with E-state index in [2.05, 4.69) is 6.58 Å². The second-order valence-electron chi connectivity index (χ2n) is 8.45. The highest BCUT2D eigenvalue weighted by Gasteiger charge is 2.41. The third-order valence-electron chi connectivity index (χ3n) is 6.35. The zero-order valence-corrected chi connectivity index (χ0v) is 20.9. The van der Waals surface area contributed by atoms with Crippen LogP contribution in [-0.4, -0.2) is 19.1 Å². The second kappa shape index (κ2) is 11.5. The molecular formula is C31H29NO5. The van der Waals surface area contributed by atoms with Gasteiger partial charge in [-0.3, -0.25) is 10.1 Å². The van der Waals surface area contributed by atoms with E-state index in [1.807, 2.05) is 78.9 Å². The van der Waals surface area contributed by atoms with Crippen molar-refractivity contribution in [2.45, 2.75) is 18.1 Å². The number of benzene rings is 4. The van der Waals surface area contributed by atoms with Crippen LogP contribution in [0.4, 0.5) is 5.69 Å². The first-order valence-corrected chi connectivity index (χ1v) is 11.9. The molecule has 4 aromatic carbocycles. The number of hydrogen-bond donors (Lipinski definition) is 0. The van der Waals surface area contributed by atoms with E-state index >= 15 is 0 Å². The molecule has 6 heteroatoms. The van der Waals surface area contributed by atoms with Gasteiger partial charge in [0.15, 0.2) is 0 Å². The molecule has 0 saturated carbocycles. The molecule has 0 saturated heterocycles. The van der Waals surface area contributed by atoms with Crippen LogP contribution < -0.4 is 9.47 Å². The first kappa shape index (κ1) is 25.7. The van der Waals surface area contributed by atoms with E-state index in [0.29, 0.717) is 23.5 Å². The predicted octanol–water partition coefficient (Wildman–Crippen LogP) is 7.24. The molecule has 0 aliphatic heterocycles. The summed E-state index contributed by atoms with van der Waals surface area (Å²) in [5.74, 6) is 1.42. The Balaban J connectivity index is 2.00. The summed E-state index contributed by atoms with van der Waals surface area (Å²) in [4.78, 5) is 11.6. The average molecular weight is 496 g/mol. The van der Waals surface area contributed by atoms with Crippen LogP contribution >= 0.6 is 0 Å². The summed E-state index contributed by atoms with van der Waals surface area (Å²) in [5.41, 5.74) is 1.93. The molecule has 0 radical (unpaired) electrons. The quantitative estimate of drug-likeness (QED) is 0.0949. The molecule has 6 nitrogen and oxygen atoms in total. The zero-order valence-electron chi connectivity index (χ0n) is 20.9. The standard InChI is InChI=1S/C31H29NO5/c1-4-10-30(28-13-8-9-14-29(28)32(33)34)37-31(23-11-6-5-7-12-23,24-15-19-26(35-2)20-16-24)25-17-21-27(36-3)22-18-25/h4-9,11-22,30H,1,10H2,2-3H3. The molecule has 0 N–H and O–H groups in total. The Bertz CT molecular complexity index is 1290. The van der Waals surface area contributed by atoms with Crippen LogP contribution in [-0.2, 0) is 10.3 Å². The fourth-order valence-electron chi connectivity index (χ4n) is 4.56. The highest BCUT2D eigenvalue weighted by atomic mass is 16.6. The van der Waals surface area contributed by atoms with Crippen LogP contribution in [0.3, 0.4) is 0 Å². The monoisotopic (exact) mass is 495 g/mol. The predicted molar refractivity (Wildman–Crippen MR) is 144 cm³/mol. The van der Waals surface area contributed by atoms with E-state index in [-0.39, 0.29) is 10.6 Å². The molecule has 0 aliphatic carbocycles. The number of ether oxygens (including phenoxy) is 3. The lowest BCUT2D eigenvalue weighted by atomic mass is 9.79. The maximum Gasteiger partial charge on any atom is 0.275 e. The number of nitro benzene ring substituents is 1. The Morgan fingerprint density at radius 3 is 1.76 bits per heavy atom. The molecule has 37 heavy (non-hydrogen) atoms. The number of hydrogen-bond acceptors (Lipinski definition) is 5. The molecule has 0 fully saturated rings. The Morgan fingerprint density at radius 2 is 1.27 bits per heavy atom. The van der Waals surface area contributed by atoms with Gasteiger partial charge in [-0.25, -0.2) is 0 Å². The lowest BCUT2D eigenvalue weighted by Gasteiger charge is -2.39. The first-order chi connectivity index (χ1) is 18.0. The largest absolute Gasteiger partial charge is 0.497 e. The maximum absolute atomic E-state index is 11.9. The van der Waals surface area contributed by atoms with Crippen molar-refractivity contribution in [3.8, 4) is 11.5 Å². The summed E-state index contributed by atoms with van der Waals surface area (Å²) in [5, 5.41) is 11.9. The van der Waals surface area contributed by atoms with E-state index in [0.717, 1.165) is 16.7 Å². The van der Waals surface area contributed by atoms with E-state index < -0.39 is 11.7 Å². The minimum Gasteiger partial charge on any atom is -0.497 e. The molecule has 0 aliphatic rings. The number of nitrogens with zero attached hydrogens (tertiary/aromatic N) is 1. The van der Waals surface area contributed by atoms with Gasteiger partial charge in [-0.15, -0.1) is 6.58 Å². The van der Waals surface area contributed by atoms with Crippen LogP contribution in [0.25, 0.3) is 0 Å². The zero-order chi connectivity index (χ0) is 26.3. The van der Waals surface area contributed by atoms with Gasteiger partial charge in [0, 0.05) is 6.07 Å². The summed E-state index contributed by atoms with van der Waals surface area (Å²) in [6, 6.07) is 31.9. The Labute approximate surface area is 216 Å². The summed E-state index contributed by atoms with van der Waals surface area (Å²) in [6.45, 7) is 3.91. The van der Waals surface area contributed by atoms with Crippen molar-refractivity contribution >= 4 is 5.69 Å². The van der Waals surface area contributed by atoms with Crippen molar-refractivity contribution in [2.24, 2.45) is 0 Å². The van der Waals surface area contributed by atoms with Crippen molar-refractivity contribution in [3.05, 3.63) is 148 Å². The van der Waals surface area contributed by atoms with Gasteiger partial charge >= 0.3 is 0 Å². The van der Waals surface area contributed by atoms with E-state index in [1.54, 1.807) is 38.5 Å². The lowest BCUT2D eigenvalue weighted by molar-refractivity contribution is -0.386. The molecule has 1 unspecified atom stereocenters. The molecule has 188 valence electrons. The van der Waals surface area contributed by atoms with Crippen molar-refractivity contribution in [1.29, 1.82) is 0 Å². The lowest BCUT2D eigenvalue weighted by Crippen LogP contribution is -2.34. The van der Waals surface area contributed by atoms with Crippen molar-refractivity contribution in [3.63, 3.8) is 0 Å². The normalized spacial score (nSPS) is 11.9. The van der Waals surface area contributed by atoms with Gasteiger partial charge < -0.3 is 14.2 Å². The van der Waals surface area contributed by atoms with Crippen molar-refractivity contribution < 1.29 is 19.1 Å². The number of rotatable bonds is 11. The molecular weight excluding hydrogens is 466 g/mol. The fraction of sp³-hybridized carbons (Fsp3) is 0.161. The second-order valence-corrected chi connectivity index (χ2v) is 8.45. The van der Waals surface area contributed by atoms with Crippen molar-refractivity contribution in [1.82, 2.24) is 0 Å². The summed E-state index contributed by atoms with van der Waals surface area (Å²) in [7, 11) is 3.24. The van der Waals surface area contributed by atoms with E-state index in [1.165, 1.54) is 6.07 Å². The Hall–Kier alpha value is -4.42. The molecule has 4 aromatic rings. The first-order valence-electron chi connectivity index (χ1n) is 11.9. The summed E-state index contributed by atoms with van der Waals surface area (Å²) in [6.07, 6.45) is 1.42. The summed E-state index contributed by atoms with van der Waals surface area (Å²) >= 11 is 0. The van der Waals surface area contributed by atoms with Gasteiger partial charge in [-0.1, -0.05) is 72.8 Å². The molecule has 4 rings (SSSR count). The molecule has 0 bridgehead atoms. The molecule has 0 heterocycles. The maximum atomic E-state index is 11.9. The minimum absolute atomic E-state index is 0.000716. The molecule has 0 spiro atoms. The Kier molecular flexibility index (Phi) is 8.01. The van der Waals surface area contributed by atoms with Crippen LogP contribution in [0, 0.1) is 10.1 Å². The van der Waals surface area contributed by atoms with Gasteiger partial charge in [0.2, 0.25) is 0 Å². The SMILES string of the molecule is C=CCC(OC(c1ccccc1)(c1ccc(OC)cc1)c1ccc(OC)cc1)c1ccccc1[N+](=O)[O-]. The molecule has 1 atom stereocenters. The van der Waals surface area contributed by atoms with Gasteiger partial charge in [0.25, 0.3) is 5.69 Å². The van der Waals surface area contributed by atoms with Crippen molar-refractivity contribution in [2.75, 3.05) is 14.2 Å². The van der Waals surface area contributed by atoms with Gasteiger partial charge in [0.1, 0.15) is 17.1 Å². The third-order valence-corrected chi connectivity index (χ3v) is 6.35. The highest BCUT2D eigenvalue weighted by Crippen LogP contribution is 2.46. The van der Waals surface area contributed by atoms with Crippen LogP contribution in [0.2, 0.25) is 0 Å². The summed E-state index contributed by atoms with van der Waals surface area (Å²) < 4.78 is 17.9. The number of para-hydroxylation sites is 1. The smallest absolute Gasteiger partial charge is 0.275 e. The Morgan fingerprint density at radius 1 is 0.784 bits per heavy atom. The van der Waals surface area contributed by atoms with Gasteiger partial charge in [0.05, 0.1) is 30.8 Å².